The van der Waals surface area contributed by atoms with Gasteiger partial charge in [0.1, 0.15) is 6.04 Å². The van der Waals surface area contributed by atoms with Crippen LogP contribution in [0.4, 0.5) is 0 Å². The number of benzene rings is 1. The molecule has 0 radical (unpaired) electrons. The van der Waals surface area contributed by atoms with E-state index in [-0.39, 0.29) is 18.2 Å². The number of carbonyl (C=O) groups excluding carboxylic acids is 2. The lowest BCUT2D eigenvalue weighted by Gasteiger charge is -2.21. The molecule has 1 aromatic rings. The predicted octanol–water partition coefficient (Wildman–Crippen LogP) is 2.27. The van der Waals surface area contributed by atoms with Gasteiger partial charge in [-0.15, -0.1) is 0 Å². The Kier molecular flexibility index (Phi) is 6.19. The zero-order valence-electron chi connectivity index (χ0n) is 11.2. The molecule has 5 nitrogen and oxygen atoms in total. The number of methoxy groups -OCH3 is 1. The van der Waals surface area contributed by atoms with Crippen LogP contribution >= 0.6 is 15.9 Å². The van der Waals surface area contributed by atoms with E-state index in [1.807, 2.05) is 6.07 Å². The number of rotatable bonds is 5. The first kappa shape index (κ1) is 16.2. The molecule has 0 unspecified atom stereocenters. The Hall–Kier alpha value is -1.87. The minimum atomic E-state index is -0.842. The molecule has 0 heterocycles. The van der Waals surface area contributed by atoms with Gasteiger partial charge in [-0.25, -0.2) is 4.79 Å². The quantitative estimate of drug-likeness (QED) is 0.835. The number of nitrogens with zero attached hydrogens (tertiary/aromatic N) is 1. The third-order valence-electron chi connectivity index (χ3n) is 2.81. The molecule has 0 aliphatic rings. The Morgan fingerprint density at radius 1 is 1.50 bits per heavy atom. The average molecular weight is 339 g/mol. The normalized spacial score (nSPS) is 12.9. The van der Waals surface area contributed by atoms with Crippen LogP contribution in [0.3, 0.4) is 0 Å². The van der Waals surface area contributed by atoms with Crippen molar-refractivity contribution < 1.29 is 14.3 Å². The van der Waals surface area contributed by atoms with Crippen LogP contribution in [0.25, 0.3) is 0 Å². The summed E-state index contributed by atoms with van der Waals surface area (Å²) in [7, 11) is 1.25. The second-order valence-corrected chi connectivity index (χ2v) is 5.24. The molecule has 0 aliphatic carbocycles. The van der Waals surface area contributed by atoms with E-state index >= 15 is 0 Å². The van der Waals surface area contributed by atoms with Crippen LogP contribution in [0.5, 0.6) is 0 Å². The number of carbonyl (C=O) groups is 2. The molecule has 2 atom stereocenters. The van der Waals surface area contributed by atoms with Gasteiger partial charge >= 0.3 is 5.97 Å². The molecule has 1 N–H and O–H groups in total. The van der Waals surface area contributed by atoms with Crippen LogP contribution < -0.4 is 5.32 Å². The molecule has 106 valence electrons. The smallest absolute Gasteiger partial charge is 0.328 e. The van der Waals surface area contributed by atoms with E-state index in [9.17, 15) is 9.59 Å². The van der Waals surface area contributed by atoms with Crippen molar-refractivity contribution in [2.24, 2.45) is 5.92 Å². The standard InChI is InChI=1S/C14H15BrN2O3/c1-9(6-7-16)12(14(19)20-2)17-13(18)10-4-3-5-11(15)8-10/h3-5,8-9,12H,6H2,1-2H3,(H,17,18)/t9-,12-/m0/s1. The van der Waals surface area contributed by atoms with E-state index < -0.39 is 12.0 Å². The largest absolute Gasteiger partial charge is 0.467 e. The summed E-state index contributed by atoms with van der Waals surface area (Å²) in [5.74, 6) is -1.27. The van der Waals surface area contributed by atoms with Gasteiger partial charge < -0.3 is 10.1 Å². The second-order valence-electron chi connectivity index (χ2n) is 4.32. The van der Waals surface area contributed by atoms with Crippen LogP contribution in [-0.4, -0.2) is 25.0 Å². The zero-order chi connectivity index (χ0) is 15.1. The fraction of sp³-hybridized carbons (Fsp3) is 0.357. The Bertz CT molecular complexity index is 539. The molecule has 0 spiro atoms. The first-order chi connectivity index (χ1) is 9.49. The zero-order valence-corrected chi connectivity index (χ0v) is 12.8. The number of esters is 1. The highest BCUT2D eigenvalue weighted by Gasteiger charge is 2.28. The number of nitriles is 1. The topological polar surface area (TPSA) is 79.2 Å². The lowest BCUT2D eigenvalue weighted by Crippen LogP contribution is -2.45. The van der Waals surface area contributed by atoms with Crippen molar-refractivity contribution in [3.8, 4) is 6.07 Å². The van der Waals surface area contributed by atoms with Gasteiger partial charge in [-0.3, -0.25) is 4.79 Å². The monoisotopic (exact) mass is 338 g/mol. The highest BCUT2D eigenvalue weighted by atomic mass is 79.9. The van der Waals surface area contributed by atoms with Crippen molar-refractivity contribution in [1.29, 1.82) is 5.26 Å². The van der Waals surface area contributed by atoms with Gasteiger partial charge in [-0.1, -0.05) is 28.9 Å². The third kappa shape index (κ3) is 4.35. The van der Waals surface area contributed by atoms with E-state index in [0.29, 0.717) is 5.56 Å². The summed E-state index contributed by atoms with van der Waals surface area (Å²) in [6.07, 6.45) is 0.151. The maximum Gasteiger partial charge on any atom is 0.328 e. The predicted molar refractivity (Wildman–Crippen MR) is 76.8 cm³/mol. The van der Waals surface area contributed by atoms with Gasteiger partial charge in [0.15, 0.2) is 0 Å². The summed E-state index contributed by atoms with van der Waals surface area (Å²) in [5.41, 5.74) is 0.428. The van der Waals surface area contributed by atoms with Gasteiger partial charge in [-0.05, 0) is 18.2 Å². The number of ether oxygens (including phenoxy) is 1. The first-order valence-electron chi connectivity index (χ1n) is 6.00. The van der Waals surface area contributed by atoms with Crippen LogP contribution in [0.1, 0.15) is 23.7 Å². The van der Waals surface area contributed by atoms with Gasteiger partial charge in [0.25, 0.3) is 5.91 Å². The maximum absolute atomic E-state index is 12.1. The van der Waals surface area contributed by atoms with Gasteiger partial charge in [0.2, 0.25) is 0 Å². The van der Waals surface area contributed by atoms with Crippen LogP contribution in [-0.2, 0) is 9.53 Å². The van der Waals surface area contributed by atoms with Crippen molar-refractivity contribution in [3.05, 3.63) is 34.3 Å². The second kappa shape index (κ2) is 7.65. The molecule has 0 aromatic heterocycles. The van der Waals surface area contributed by atoms with Gasteiger partial charge in [0, 0.05) is 22.4 Å². The van der Waals surface area contributed by atoms with E-state index in [2.05, 4.69) is 26.0 Å². The molecular weight excluding hydrogens is 324 g/mol. The Labute approximate surface area is 126 Å². The van der Waals surface area contributed by atoms with E-state index in [0.717, 1.165) is 4.47 Å². The van der Waals surface area contributed by atoms with E-state index in [1.54, 1.807) is 31.2 Å². The van der Waals surface area contributed by atoms with Gasteiger partial charge in [0.05, 0.1) is 13.2 Å². The average Bonchev–Trinajstić information content (AvgIpc) is 2.43. The molecule has 1 aromatic carbocycles. The highest BCUT2D eigenvalue weighted by Crippen LogP contribution is 2.14. The van der Waals surface area contributed by atoms with Crippen molar-refractivity contribution in [2.75, 3.05) is 7.11 Å². The fourth-order valence-corrected chi connectivity index (χ4v) is 2.08. The summed E-state index contributed by atoms with van der Waals surface area (Å²) < 4.78 is 5.44. The molecule has 0 fully saturated rings. The van der Waals surface area contributed by atoms with Crippen molar-refractivity contribution in [1.82, 2.24) is 5.32 Å². The number of halogens is 1. The minimum absolute atomic E-state index is 0.151. The number of nitrogens with one attached hydrogen (secondary N) is 1. The van der Waals surface area contributed by atoms with E-state index in [4.69, 9.17) is 5.26 Å². The summed E-state index contributed by atoms with van der Waals surface area (Å²) in [5, 5.41) is 11.3. The Morgan fingerprint density at radius 2 is 2.20 bits per heavy atom. The summed E-state index contributed by atoms with van der Waals surface area (Å²) in [6, 6.07) is 7.96. The molecule has 0 saturated carbocycles. The number of hydrogen-bond acceptors (Lipinski definition) is 4. The SMILES string of the molecule is COC(=O)[C@@H](NC(=O)c1cccc(Br)c1)[C@@H](C)CC#N. The fourth-order valence-electron chi connectivity index (χ4n) is 1.68. The van der Waals surface area contributed by atoms with Crippen LogP contribution in [0.15, 0.2) is 28.7 Å². The Balaban J connectivity index is 2.87. The van der Waals surface area contributed by atoms with Crippen molar-refractivity contribution in [2.45, 2.75) is 19.4 Å². The molecule has 6 heteroatoms. The van der Waals surface area contributed by atoms with Crippen molar-refractivity contribution in [3.63, 3.8) is 0 Å². The summed E-state index contributed by atoms with van der Waals surface area (Å²) in [4.78, 5) is 23.8. The summed E-state index contributed by atoms with van der Waals surface area (Å²) >= 11 is 3.28. The van der Waals surface area contributed by atoms with E-state index in [1.165, 1.54) is 7.11 Å². The lowest BCUT2D eigenvalue weighted by molar-refractivity contribution is -0.144. The Morgan fingerprint density at radius 3 is 2.75 bits per heavy atom. The summed E-state index contributed by atoms with van der Waals surface area (Å²) in [6.45, 7) is 1.71. The number of amides is 1. The van der Waals surface area contributed by atoms with Crippen LogP contribution in [0.2, 0.25) is 0 Å². The molecular formula is C14H15BrN2O3. The number of hydrogen-bond donors (Lipinski definition) is 1. The molecule has 0 aliphatic heterocycles. The minimum Gasteiger partial charge on any atom is -0.467 e. The maximum atomic E-state index is 12.1. The molecule has 20 heavy (non-hydrogen) atoms. The third-order valence-corrected chi connectivity index (χ3v) is 3.30. The van der Waals surface area contributed by atoms with Crippen molar-refractivity contribution >= 4 is 27.8 Å². The molecule has 1 rings (SSSR count). The molecule has 1 amide bonds. The molecule has 0 saturated heterocycles. The molecule has 0 bridgehead atoms. The highest BCUT2D eigenvalue weighted by molar-refractivity contribution is 9.10. The van der Waals surface area contributed by atoms with Gasteiger partial charge in [-0.2, -0.15) is 5.26 Å². The van der Waals surface area contributed by atoms with Crippen LogP contribution in [0, 0.1) is 17.2 Å². The lowest BCUT2D eigenvalue weighted by atomic mass is 9.98. The first-order valence-corrected chi connectivity index (χ1v) is 6.80.